The second-order valence-electron chi connectivity index (χ2n) is 7.62. The summed E-state index contributed by atoms with van der Waals surface area (Å²) < 4.78 is 0. The van der Waals surface area contributed by atoms with Crippen LogP contribution in [0.1, 0.15) is 43.9 Å². The number of thioether (sulfide) groups is 1. The molecule has 1 N–H and O–H groups in total. The fourth-order valence-corrected chi connectivity index (χ4v) is 3.97. The third kappa shape index (κ3) is 7.69. The van der Waals surface area contributed by atoms with E-state index in [4.69, 9.17) is 11.6 Å². The molecule has 4 nitrogen and oxygen atoms in total. The monoisotopic (exact) mass is 446 g/mol. The van der Waals surface area contributed by atoms with Gasteiger partial charge < -0.3 is 10.2 Å². The number of amides is 2. The van der Waals surface area contributed by atoms with E-state index in [0.717, 1.165) is 23.1 Å². The number of aryl methyl sites for hydroxylation is 1. The van der Waals surface area contributed by atoms with Crippen molar-refractivity contribution in [3.63, 3.8) is 0 Å². The van der Waals surface area contributed by atoms with Crippen molar-refractivity contribution in [1.29, 1.82) is 0 Å². The summed E-state index contributed by atoms with van der Waals surface area (Å²) in [7, 11) is 0. The molecule has 2 atom stereocenters. The molecule has 0 fully saturated rings. The molecule has 0 saturated carbocycles. The van der Waals surface area contributed by atoms with Gasteiger partial charge in [0.25, 0.3) is 0 Å². The minimum atomic E-state index is -0.542. The van der Waals surface area contributed by atoms with Gasteiger partial charge in [0.05, 0.1) is 5.75 Å². The lowest BCUT2D eigenvalue weighted by molar-refractivity contribution is -0.138. The molecule has 30 heavy (non-hydrogen) atoms. The molecule has 2 unspecified atom stereocenters. The molecule has 0 aromatic heterocycles. The first-order valence-electron chi connectivity index (χ1n) is 10.3. The summed E-state index contributed by atoms with van der Waals surface area (Å²) in [5.74, 6) is 0.830. The molecule has 2 aromatic rings. The standard InChI is InChI=1S/C24H31ClN2O2S/c1-5-18(3)26-24(29)19(4)27(14-20-11-9-17(2)10-12-20)23(28)16-30-15-21-7-6-8-22(25)13-21/h6-13,18-19H,5,14-16H2,1-4H3,(H,26,29). The van der Waals surface area contributed by atoms with Crippen molar-refractivity contribution >= 4 is 35.2 Å². The van der Waals surface area contributed by atoms with E-state index in [1.807, 2.05) is 69.3 Å². The molecule has 0 radical (unpaired) electrons. The number of halogens is 1. The van der Waals surface area contributed by atoms with Gasteiger partial charge in [-0.2, -0.15) is 0 Å². The number of nitrogens with zero attached hydrogens (tertiary/aromatic N) is 1. The summed E-state index contributed by atoms with van der Waals surface area (Å²) in [4.78, 5) is 27.5. The van der Waals surface area contributed by atoms with E-state index in [1.54, 1.807) is 11.8 Å². The maximum Gasteiger partial charge on any atom is 0.242 e. The van der Waals surface area contributed by atoms with Crippen LogP contribution in [0.15, 0.2) is 48.5 Å². The zero-order valence-electron chi connectivity index (χ0n) is 18.2. The highest BCUT2D eigenvalue weighted by Gasteiger charge is 2.26. The molecule has 0 aliphatic carbocycles. The molecule has 2 rings (SSSR count). The van der Waals surface area contributed by atoms with Crippen molar-refractivity contribution in [2.75, 3.05) is 5.75 Å². The van der Waals surface area contributed by atoms with E-state index in [1.165, 1.54) is 11.8 Å². The first-order chi connectivity index (χ1) is 14.3. The molecule has 0 aliphatic rings. The van der Waals surface area contributed by atoms with Crippen LogP contribution in [0, 0.1) is 6.92 Å². The first-order valence-corrected chi connectivity index (χ1v) is 11.8. The van der Waals surface area contributed by atoms with Crippen LogP contribution in [0.25, 0.3) is 0 Å². The Hall–Kier alpha value is -1.98. The third-order valence-corrected chi connectivity index (χ3v) is 6.25. The predicted octanol–water partition coefficient (Wildman–Crippen LogP) is 5.21. The van der Waals surface area contributed by atoms with E-state index < -0.39 is 6.04 Å². The smallest absolute Gasteiger partial charge is 0.242 e. The average Bonchev–Trinajstić information content (AvgIpc) is 2.72. The number of carbonyl (C=O) groups excluding carboxylic acids is 2. The summed E-state index contributed by atoms with van der Waals surface area (Å²) in [5.41, 5.74) is 3.25. The highest BCUT2D eigenvalue weighted by atomic mass is 35.5. The largest absolute Gasteiger partial charge is 0.352 e. The van der Waals surface area contributed by atoms with Gasteiger partial charge in [-0.15, -0.1) is 11.8 Å². The lowest BCUT2D eigenvalue weighted by Crippen LogP contribution is -2.50. The first kappa shape index (κ1) is 24.3. The number of hydrogen-bond acceptors (Lipinski definition) is 3. The van der Waals surface area contributed by atoms with Gasteiger partial charge in [0, 0.05) is 23.4 Å². The molecule has 2 aromatic carbocycles. The van der Waals surface area contributed by atoms with Gasteiger partial charge in [0.15, 0.2) is 0 Å². The van der Waals surface area contributed by atoms with Crippen molar-refractivity contribution in [1.82, 2.24) is 10.2 Å². The molecule has 0 bridgehead atoms. The highest BCUT2D eigenvalue weighted by molar-refractivity contribution is 7.99. The normalized spacial score (nSPS) is 12.8. The molecule has 0 aliphatic heterocycles. The molecule has 0 saturated heterocycles. The molecule has 0 spiro atoms. The second kappa shape index (κ2) is 12.0. The highest BCUT2D eigenvalue weighted by Crippen LogP contribution is 2.18. The Morgan fingerprint density at radius 3 is 2.43 bits per heavy atom. The summed E-state index contributed by atoms with van der Waals surface area (Å²) in [6.07, 6.45) is 0.847. The van der Waals surface area contributed by atoms with Crippen molar-refractivity contribution in [2.24, 2.45) is 0 Å². The van der Waals surface area contributed by atoms with Gasteiger partial charge >= 0.3 is 0 Å². The van der Waals surface area contributed by atoms with E-state index in [2.05, 4.69) is 5.32 Å². The SMILES string of the molecule is CCC(C)NC(=O)C(C)N(Cc1ccc(C)cc1)C(=O)CSCc1cccc(Cl)c1. The predicted molar refractivity (Wildman–Crippen MR) is 127 cm³/mol. The topological polar surface area (TPSA) is 49.4 Å². The van der Waals surface area contributed by atoms with Gasteiger partial charge in [-0.25, -0.2) is 0 Å². The molecule has 162 valence electrons. The van der Waals surface area contributed by atoms with Crippen LogP contribution in [0.4, 0.5) is 0 Å². The van der Waals surface area contributed by atoms with E-state index in [-0.39, 0.29) is 17.9 Å². The zero-order valence-corrected chi connectivity index (χ0v) is 19.7. The average molecular weight is 447 g/mol. The van der Waals surface area contributed by atoms with Gasteiger partial charge in [0.1, 0.15) is 6.04 Å². The number of hydrogen-bond donors (Lipinski definition) is 1. The van der Waals surface area contributed by atoms with Crippen LogP contribution >= 0.6 is 23.4 Å². The Balaban J connectivity index is 2.07. The van der Waals surface area contributed by atoms with Crippen LogP contribution in [-0.4, -0.2) is 34.6 Å². The molecular formula is C24H31ClN2O2S. The number of nitrogens with one attached hydrogen (secondary N) is 1. The van der Waals surface area contributed by atoms with Gasteiger partial charge in [-0.1, -0.05) is 60.5 Å². The number of carbonyl (C=O) groups is 2. The van der Waals surface area contributed by atoms with Crippen molar-refractivity contribution in [3.05, 3.63) is 70.2 Å². The third-order valence-electron chi connectivity index (χ3n) is 5.03. The number of rotatable bonds is 10. The van der Waals surface area contributed by atoms with Gasteiger partial charge in [0.2, 0.25) is 11.8 Å². The Morgan fingerprint density at radius 1 is 1.10 bits per heavy atom. The summed E-state index contributed by atoms with van der Waals surface area (Å²) in [5, 5.41) is 3.68. The summed E-state index contributed by atoms with van der Waals surface area (Å²) in [6.45, 7) is 8.23. The van der Waals surface area contributed by atoms with Gasteiger partial charge in [-0.05, 0) is 50.5 Å². The fraction of sp³-hybridized carbons (Fsp3) is 0.417. The quantitative estimate of drug-likeness (QED) is 0.544. The lowest BCUT2D eigenvalue weighted by atomic mass is 10.1. The maximum absolute atomic E-state index is 13.1. The molecule has 6 heteroatoms. The Bertz CT molecular complexity index is 841. The fourth-order valence-electron chi connectivity index (χ4n) is 2.90. The summed E-state index contributed by atoms with van der Waals surface area (Å²) in [6, 6.07) is 15.2. The maximum atomic E-state index is 13.1. The van der Waals surface area contributed by atoms with Crippen molar-refractivity contribution in [3.8, 4) is 0 Å². The molecule has 0 heterocycles. The lowest BCUT2D eigenvalue weighted by Gasteiger charge is -2.29. The second-order valence-corrected chi connectivity index (χ2v) is 9.05. The van der Waals surface area contributed by atoms with Crippen molar-refractivity contribution in [2.45, 2.75) is 58.5 Å². The Morgan fingerprint density at radius 2 is 1.80 bits per heavy atom. The van der Waals surface area contributed by atoms with E-state index >= 15 is 0 Å². The Labute approximate surface area is 189 Å². The van der Waals surface area contributed by atoms with Crippen LogP contribution in [0.2, 0.25) is 5.02 Å². The summed E-state index contributed by atoms with van der Waals surface area (Å²) >= 11 is 7.57. The van der Waals surface area contributed by atoms with E-state index in [9.17, 15) is 9.59 Å². The Kier molecular flexibility index (Phi) is 9.73. The zero-order chi connectivity index (χ0) is 22.1. The van der Waals surface area contributed by atoms with Crippen LogP contribution in [0.3, 0.4) is 0 Å². The van der Waals surface area contributed by atoms with Crippen LogP contribution in [0.5, 0.6) is 0 Å². The van der Waals surface area contributed by atoms with Crippen molar-refractivity contribution < 1.29 is 9.59 Å². The minimum absolute atomic E-state index is 0.0468. The van der Waals surface area contributed by atoms with E-state index in [0.29, 0.717) is 23.1 Å². The van der Waals surface area contributed by atoms with Gasteiger partial charge in [-0.3, -0.25) is 9.59 Å². The van der Waals surface area contributed by atoms with Crippen LogP contribution < -0.4 is 5.32 Å². The molecular weight excluding hydrogens is 416 g/mol. The number of benzene rings is 2. The minimum Gasteiger partial charge on any atom is -0.352 e. The molecule has 2 amide bonds. The van der Waals surface area contributed by atoms with Crippen LogP contribution in [-0.2, 0) is 21.9 Å².